The summed E-state index contributed by atoms with van der Waals surface area (Å²) in [4.78, 5) is 20.6. The molecule has 0 fully saturated rings. The Kier molecular flexibility index (Phi) is 4.61. The second-order valence-electron chi connectivity index (χ2n) is 6.05. The first-order valence-corrected chi connectivity index (χ1v) is 8.19. The number of hydrogen-bond acceptors (Lipinski definition) is 5. The van der Waals surface area contributed by atoms with Crippen molar-refractivity contribution in [2.75, 3.05) is 5.32 Å². The summed E-state index contributed by atoms with van der Waals surface area (Å²) in [6.45, 7) is 7.32. The van der Waals surface area contributed by atoms with Crippen molar-refractivity contribution in [2.24, 2.45) is 0 Å². The van der Waals surface area contributed by atoms with Crippen LogP contribution in [0.4, 0.5) is 5.82 Å². The SMILES string of the molecule is CC(=O)c1cnn(-c2cc(NC(C)c3ccccc3)nc(C)n2)c1C. The summed E-state index contributed by atoms with van der Waals surface area (Å²) >= 11 is 0. The lowest BCUT2D eigenvalue weighted by Crippen LogP contribution is -2.11. The van der Waals surface area contributed by atoms with Crippen LogP contribution in [0.15, 0.2) is 42.6 Å². The summed E-state index contributed by atoms with van der Waals surface area (Å²) in [5.74, 6) is 1.99. The van der Waals surface area contributed by atoms with Gasteiger partial charge in [-0.15, -0.1) is 0 Å². The third kappa shape index (κ3) is 3.57. The van der Waals surface area contributed by atoms with Gasteiger partial charge < -0.3 is 5.32 Å². The molecular weight excluding hydrogens is 314 g/mol. The molecule has 0 aliphatic carbocycles. The molecule has 0 bridgehead atoms. The molecule has 0 saturated carbocycles. The molecule has 0 spiro atoms. The number of aryl methyl sites for hydroxylation is 1. The molecular formula is C19H21N5O. The molecule has 6 heteroatoms. The molecule has 1 atom stereocenters. The predicted molar refractivity (Wildman–Crippen MR) is 97.1 cm³/mol. The molecule has 0 aliphatic heterocycles. The number of carbonyl (C=O) groups excluding carboxylic acids is 1. The Bertz CT molecular complexity index is 901. The number of carbonyl (C=O) groups is 1. The Morgan fingerprint density at radius 3 is 2.52 bits per heavy atom. The van der Waals surface area contributed by atoms with Gasteiger partial charge in [-0.2, -0.15) is 5.10 Å². The summed E-state index contributed by atoms with van der Waals surface area (Å²) in [5, 5.41) is 7.70. The van der Waals surface area contributed by atoms with E-state index >= 15 is 0 Å². The van der Waals surface area contributed by atoms with E-state index < -0.39 is 0 Å². The van der Waals surface area contributed by atoms with Crippen molar-refractivity contribution in [1.29, 1.82) is 0 Å². The van der Waals surface area contributed by atoms with Gasteiger partial charge in [-0.05, 0) is 33.3 Å². The zero-order chi connectivity index (χ0) is 18.0. The summed E-state index contributed by atoms with van der Waals surface area (Å²) in [7, 11) is 0. The van der Waals surface area contributed by atoms with Crippen LogP contribution in [0, 0.1) is 13.8 Å². The van der Waals surface area contributed by atoms with Gasteiger partial charge in [0, 0.05) is 12.1 Å². The fraction of sp³-hybridized carbons (Fsp3) is 0.263. The minimum atomic E-state index is -0.00873. The number of nitrogens with one attached hydrogen (secondary N) is 1. The van der Waals surface area contributed by atoms with Crippen LogP contribution in [0.25, 0.3) is 5.82 Å². The molecule has 6 nitrogen and oxygen atoms in total. The zero-order valence-electron chi connectivity index (χ0n) is 14.8. The molecule has 3 aromatic rings. The maximum absolute atomic E-state index is 11.6. The molecule has 0 aliphatic rings. The molecule has 128 valence electrons. The van der Waals surface area contributed by atoms with E-state index in [9.17, 15) is 4.79 Å². The van der Waals surface area contributed by atoms with E-state index in [0.29, 0.717) is 17.2 Å². The second-order valence-corrected chi connectivity index (χ2v) is 6.05. The Balaban J connectivity index is 1.92. The minimum Gasteiger partial charge on any atom is -0.363 e. The van der Waals surface area contributed by atoms with Gasteiger partial charge in [-0.25, -0.2) is 14.6 Å². The van der Waals surface area contributed by atoms with E-state index in [-0.39, 0.29) is 11.8 Å². The Labute approximate surface area is 146 Å². The molecule has 0 radical (unpaired) electrons. The van der Waals surface area contributed by atoms with Crippen LogP contribution in [0.2, 0.25) is 0 Å². The van der Waals surface area contributed by atoms with E-state index in [4.69, 9.17) is 0 Å². The fourth-order valence-corrected chi connectivity index (χ4v) is 2.77. The van der Waals surface area contributed by atoms with Crippen LogP contribution >= 0.6 is 0 Å². The average Bonchev–Trinajstić information content (AvgIpc) is 2.97. The van der Waals surface area contributed by atoms with Crippen molar-refractivity contribution in [3.63, 3.8) is 0 Å². The predicted octanol–water partition coefficient (Wildman–Crippen LogP) is 3.65. The van der Waals surface area contributed by atoms with Crippen molar-refractivity contribution >= 4 is 11.6 Å². The quantitative estimate of drug-likeness (QED) is 0.721. The third-order valence-electron chi connectivity index (χ3n) is 4.09. The van der Waals surface area contributed by atoms with Crippen LogP contribution in [0.1, 0.15) is 47.3 Å². The first-order valence-electron chi connectivity index (χ1n) is 8.19. The van der Waals surface area contributed by atoms with Gasteiger partial charge in [0.25, 0.3) is 0 Å². The maximum atomic E-state index is 11.6. The maximum Gasteiger partial charge on any atom is 0.163 e. The zero-order valence-corrected chi connectivity index (χ0v) is 14.8. The number of hydrogen-bond donors (Lipinski definition) is 1. The topological polar surface area (TPSA) is 72.7 Å². The Hall–Kier alpha value is -3.02. The van der Waals surface area contributed by atoms with Crippen LogP contribution in [-0.4, -0.2) is 25.5 Å². The Morgan fingerprint density at radius 2 is 1.88 bits per heavy atom. The molecule has 2 aromatic heterocycles. The highest BCUT2D eigenvalue weighted by Crippen LogP contribution is 2.20. The number of Topliss-reactive ketones (excluding diaryl/α,β-unsaturated/α-hetero) is 1. The number of nitrogens with zero attached hydrogens (tertiary/aromatic N) is 4. The largest absolute Gasteiger partial charge is 0.363 e. The fourth-order valence-electron chi connectivity index (χ4n) is 2.77. The van der Waals surface area contributed by atoms with E-state index in [1.165, 1.54) is 12.5 Å². The summed E-state index contributed by atoms with van der Waals surface area (Å²) < 4.78 is 1.67. The lowest BCUT2D eigenvalue weighted by molar-refractivity contribution is 0.101. The van der Waals surface area contributed by atoms with Gasteiger partial charge >= 0.3 is 0 Å². The van der Waals surface area contributed by atoms with Gasteiger partial charge in [-0.3, -0.25) is 4.79 Å². The average molecular weight is 335 g/mol. The van der Waals surface area contributed by atoms with E-state index in [1.807, 2.05) is 38.1 Å². The normalized spacial score (nSPS) is 12.0. The first-order chi connectivity index (χ1) is 12.0. The monoisotopic (exact) mass is 335 g/mol. The molecule has 1 N–H and O–H groups in total. The number of aromatic nitrogens is 4. The minimum absolute atomic E-state index is 0.00873. The van der Waals surface area contributed by atoms with Gasteiger partial charge in [0.15, 0.2) is 11.6 Å². The summed E-state index contributed by atoms with van der Waals surface area (Å²) in [6.07, 6.45) is 1.58. The standard InChI is InChI=1S/C19H21N5O/c1-12(16-8-6-5-7-9-16)21-18-10-19(23-15(4)22-18)24-13(2)17(11-20-24)14(3)25/h5-12H,1-4H3,(H,21,22,23). The van der Waals surface area contributed by atoms with Crippen LogP contribution < -0.4 is 5.32 Å². The first kappa shape index (κ1) is 16.8. The van der Waals surface area contributed by atoms with Crippen LogP contribution in [0.3, 0.4) is 0 Å². The van der Waals surface area contributed by atoms with Crippen molar-refractivity contribution < 1.29 is 4.79 Å². The van der Waals surface area contributed by atoms with Gasteiger partial charge in [-0.1, -0.05) is 30.3 Å². The molecule has 2 heterocycles. The highest BCUT2D eigenvalue weighted by molar-refractivity contribution is 5.95. The summed E-state index contributed by atoms with van der Waals surface area (Å²) in [5.41, 5.74) is 2.55. The van der Waals surface area contributed by atoms with Crippen LogP contribution in [0.5, 0.6) is 0 Å². The highest BCUT2D eigenvalue weighted by Gasteiger charge is 2.14. The molecule has 3 rings (SSSR count). The van der Waals surface area contributed by atoms with E-state index in [0.717, 1.165) is 11.5 Å². The third-order valence-corrected chi connectivity index (χ3v) is 4.09. The molecule has 0 saturated heterocycles. The number of rotatable bonds is 5. The van der Waals surface area contributed by atoms with Crippen molar-refractivity contribution in [1.82, 2.24) is 19.7 Å². The van der Waals surface area contributed by atoms with Crippen LogP contribution in [-0.2, 0) is 0 Å². The molecule has 1 unspecified atom stereocenters. The van der Waals surface area contributed by atoms with Crippen molar-refractivity contribution in [3.05, 3.63) is 65.2 Å². The van der Waals surface area contributed by atoms with E-state index in [1.54, 1.807) is 10.9 Å². The summed E-state index contributed by atoms with van der Waals surface area (Å²) in [6, 6.07) is 12.1. The lowest BCUT2D eigenvalue weighted by atomic mass is 10.1. The van der Waals surface area contributed by atoms with Crippen molar-refractivity contribution in [2.45, 2.75) is 33.7 Å². The molecule has 25 heavy (non-hydrogen) atoms. The lowest BCUT2D eigenvalue weighted by Gasteiger charge is -2.16. The second kappa shape index (κ2) is 6.84. The van der Waals surface area contributed by atoms with Gasteiger partial charge in [0.2, 0.25) is 0 Å². The highest BCUT2D eigenvalue weighted by atomic mass is 16.1. The number of benzene rings is 1. The van der Waals surface area contributed by atoms with Crippen molar-refractivity contribution in [3.8, 4) is 5.82 Å². The number of ketones is 1. The van der Waals surface area contributed by atoms with E-state index in [2.05, 4.69) is 39.4 Å². The smallest absolute Gasteiger partial charge is 0.163 e. The molecule has 1 aromatic carbocycles. The number of anilines is 1. The van der Waals surface area contributed by atoms with Gasteiger partial charge in [0.1, 0.15) is 11.6 Å². The molecule has 0 amide bonds. The van der Waals surface area contributed by atoms with Gasteiger partial charge in [0.05, 0.1) is 17.5 Å². The Morgan fingerprint density at radius 1 is 1.16 bits per heavy atom.